The van der Waals surface area contributed by atoms with Gasteiger partial charge in [-0.15, -0.1) is 5.06 Å². The van der Waals surface area contributed by atoms with Crippen molar-refractivity contribution in [1.29, 1.82) is 0 Å². The Balaban J connectivity index is 2.16. The van der Waals surface area contributed by atoms with E-state index in [1.54, 1.807) is 18.9 Å². The van der Waals surface area contributed by atoms with Crippen LogP contribution in [0.3, 0.4) is 0 Å². The normalized spacial score (nSPS) is 18.2. The molecule has 1 aliphatic rings. The maximum atomic E-state index is 10.9. The van der Waals surface area contributed by atoms with Crippen molar-refractivity contribution in [3.05, 3.63) is 0 Å². The van der Waals surface area contributed by atoms with Gasteiger partial charge < -0.3 is 9.57 Å². The van der Waals surface area contributed by atoms with E-state index >= 15 is 0 Å². The van der Waals surface area contributed by atoms with Gasteiger partial charge in [-0.05, 0) is 26.7 Å². The van der Waals surface area contributed by atoms with Crippen molar-refractivity contribution in [1.82, 2.24) is 5.06 Å². The molecule has 0 saturated carbocycles. The van der Waals surface area contributed by atoms with E-state index in [1.165, 1.54) is 0 Å². The van der Waals surface area contributed by atoms with Crippen LogP contribution in [0.1, 0.15) is 26.7 Å². The summed E-state index contributed by atoms with van der Waals surface area (Å²) in [5.74, 6) is 0. The average molecular weight is 173 g/mol. The van der Waals surface area contributed by atoms with Crippen LogP contribution in [0.5, 0.6) is 0 Å². The Hall–Kier alpha value is -0.770. The molecule has 1 saturated heterocycles. The van der Waals surface area contributed by atoms with Crippen LogP contribution in [0.4, 0.5) is 4.79 Å². The minimum Gasteiger partial charge on any atom is -0.430 e. The van der Waals surface area contributed by atoms with Crippen molar-refractivity contribution < 1.29 is 14.4 Å². The molecular formula is C8H15NO3. The van der Waals surface area contributed by atoms with Gasteiger partial charge in [0, 0.05) is 13.1 Å². The van der Waals surface area contributed by atoms with E-state index in [9.17, 15) is 4.79 Å². The summed E-state index contributed by atoms with van der Waals surface area (Å²) in [6.45, 7) is 5.25. The van der Waals surface area contributed by atoms with E-state index in [0.29, 0.717) is 0 Å². The number of hydrogen-bond acceptors (Lipinski definition) is 4. The van der Waals surface area contributed by atoms with Gasteiger partial charge in [0.2, 0.25) is 0 Å². The summed E-state index contributed by atoms with van der Waals surface area (Å²) in [7, 11) is 0. The second-order valence-corrected chi connectivity index (χ2v) is 3.14. The highest BCUT2D eigenvalue weighted by molar-refractivity contribution is 5.59. The molecule has 0 N–H and O–H groups in total. The number of nitrogens with zero attached hydrogens (tertiary/aromatic N) is 1. The van der Waals surface area contributed by atoms with E-state index in [0.717, 1.165) is 25.9 Å². The van der Waals surface area contributed by atoms with Crippen LogP contribution in [0.2, 0.25) is 0 Å². The number of carbonyl (C=O) groups is 1. The van der Waals surface area contributed by atoms with Crippen molar-refractivity contribution >= 4 is 6.16 Å². The lowest BCUT2D eigenvalue weighted by Crippen LogP contribution is -2.26. The molecule has 70 valence electrons. The van der Waals surface area contributed by atoms with Crippen LogP contribution in [-0.4, -0.2) is 30.4 Å². The minimum absolute atomic E-state index is 0.111. The second kappa shape index (κ2) is 4.30. The maximum Gasteiger partial charge on any atom is 0.528 e. The molecule has 0 amide bonds. The summed E-state index contributed by atoms with van der Waals surface area (Å²) in [5.41, 5.74) is 0. The fourth-order valence-corrected chi connectivity index (χ4v) is 1.10. The van der Waals surface area contributed by atoms with Crippen molar-refractivity contribution in [3.8, 4) is 0 Å². The molecule has 0 aromatic carbocycles. The SMILES string of the molecule is CC(C)OC(=O)ON1CCCC1. The quantitative estimate of drug-likeness (QED) is 0.594. The van der Waals surface area contributed by atoms with Gasteiger partial charge in [-0.3, -0.25) is 0 Å². The maximum absolute atomic E-state index is 10.9. The Morgan fingerprint density at radius 1 is 1.33 bits per heavy atom. The third kappa shape index (κ3) is 3.09. The van der Waals surface area contributed by atoms with Gasteiger partial charge in [0.1, 0.15) is 0 Å². The van der Waals surface area contributed by atoms with Gasteiger partial charge >= 0.3 is 6.16 Å². The standard InChI is InChI=1S/C8H15NO3/c1-7(2)11-8(10)12-9-5-3-4-6-9/h7H,3-6H2,1-2H3. The van der Waals surface area contributed by atoms with E-state index < -0.39 is 6.16 Å². The van der Waals surface area contributed by atoms with Crippen molar-refractivity contribution in [2.45, 2.75) is 32.8 Å². The van der Waals surface area contributed by atoms with Crippen LogP contribution in [-0.2, 0) is 9.57 Å². The van der Waals surface area contributed by atoms with Gasteiger partial charge in [0.05, 0.1) is 6.10 Å². The van der Waals surface area contributed by atoms with Crippen molar-refractivity contribution in [2.75, 3.05) is 13.1 Å². The summed E-state index contributed by atoms with van der Waals surface area (Å²) >= 11 is 0. The molecule has 1 heterocycles. The van der Waals surface area contributed by atoms with Crippen LogP contribution in [0, 0.1) is 0 Å². The fraction of sp³-hybridized carbons (Fsp3) is 0.875. The Morgan fingerprint density at radius 2 is 1.92 bits per heavy atom. The van der Waals surface area contributed by atoms with E-state index in [1.807, 2.05) is 0 Å². The summed E-state index contributed by atoms with van der Waals surface area (Å²) in [6.07, 6.45) is 1.48. The topological polar surface area (TPSA) is 38.8 Å². The Labute approximate surface area is 72.4 Å². The molecule has 4 heteroatoms. The number of hydroxylamine groups is 2. The first-order chi connectivity index (χ1) is 5.68. The lowest BCUT2D eigenvalue weighted by Gasteiger charge is -2.14. The largest absolute Gasteiger partial charge is 0.528 e. The zero-order chi connectivity index (χ0) is 8.97. The predicted octanol–water partition coefficient (Wildman–Crippen LogP) is 1.56. The molecule has 0 bridgehead atoms. The zero-order valence-electron chi connectivity index (χ0n) is 7.58. The molecule has 12 heavy (non-hydrogen) atoms. The molecule has 1 rings (SSSR count). The van der Waals surface area contributed by atoms with Crippen LogP contribution in [0.15, 0.2) is 0 Å². The van der Waals surface area contributed by atoms with E-state index in [-0.39, 0.29) is 6.10 Å². The smallest absolute Gasteiger partial charge is 0.430 e. The zero-order valence-corrected chi connectivity index (χ0v) is 7.58. The summed E-state index contributed by atoms with van der Waals surface area (Å²) in [5, 5.41) is 1.64. The lowest BCUT2D eigenvalue weighted by atomic mass is 10.4. The minimum atomic E-state index is -0.591. The number of rotatable bonds is 2. The molecule has 1 fully saturated rings. The molecular weight excluding hydrogens is 158 g/mol. The first-order valence-electron chi connectivity index (χ1n) is 4.32. The van der Waals surface area contributed by atoms with Gasteiger partial charge in [0.25, 0.3) is 0 Å². The molecule has 0 spiro atoms. The summed E-state index contributed by atoms with van der Waals surface area (Å²) < 4.78 is 4.81. The number of carbonyl (C=O) groups excluding carboxylic acids is 1. The Kier molecular flexibility index (Phi) is 3.34. The van der Waals surface area contributed by atoms with Gasteiger partial charge in [-0.25, -0.2) is 4.79 Å². The predicted molar refractivity (Wildman–Crippen MR) is 43.5 cm³/mol. The van der Waals surface area contributed by atoms with E-state index in [2.05, 4.69) is 0 Å². The Bertz CT molecular complexity index is 152. The molecule has 1 aliphatic heterocycles. The fourth-order valence-electron chi connectivity index (χ4n) is 1.10. The molecule has 0 aromatic rings. The first-order valence-corrected chi connectivity index (χ1v) is 4.32. The first kappa shape index (κ1) is 9.32. The number of ether oxygens (including phenoxy) is 1. The third-order valence-corrected chi connectivity index (χ3v) is 1.60. The van der Waals surface area contributed by atoms with Crippen molar-refractivity contribution in [2.24, 2.45) is 0 Å². The molecule has 0 radical (unpaired) electrons. The van der Waals surface area contributed by atoms with Gasteiger partial charge in [-0.2, -0.15) is 0 Å². The Morgan fingerprint density at radius 3 is 2.42 bits per heavy atom. The van der Waals surface area contributed by atoms with Crippen molar-refractivity contribution in [3.63, 3.8) is 0 Å². The van der Waals surface area contributed by atoms with Crippen LogP contribution >= 0.6 is 0 Å². The summed E-state index contributed by atoms with van der Waals surface area (Å²) in [4.78, 5) is 15.8. The lowest BCUT2D eigenvalue weighted by molar-refractivity contribution is -0.118. The highest BCUT2D eigenvalue weighted by atomic mass is 16.8. The third-order valence-electron chi connectivity index (χ3n) is 1.60. The van der Waals surface area contributed by atoms with Gasteiger partial charge in [-0.1, -0.05) is 0 Å². The van der Waals surface area contributed by atoms with Crippen LogP contribution in [0.25, 0.3) is 0 Å². The second-order valence-electron chi connectivity index (χ2n) is 3.14. The highest BCUT2D eigenvalue weighted by Crippen LogP contribution is 2.08. The summed E-state index contributed by atoms with van der Waals surface area (Å²) in [6, 6.07) is 0. The molecule has 0 aliphatic carbocycles. The van der Waals surface area contributed by atoms with Crippen LogP contribution < -0.4 is 0 Å². The highest BCUT2D eigenvalue weighted by Gasteiger charge is 2.17. The molecule has 0 unspecified atom stereocenters. The van der Waals surface area contributed by atoms with E-state index in [4.69, 9.17) is 9.57 Å². The molecule has 0 aromatic heterocycles. The molecule has 0 atom stereocenters. The average Bonchev–Trinajstić information content (AvgIpc) is 2.37. The monoisotopic (exact) mass is 173 g/mol. The molecule has 4 nitrogen and oxygen atoms in total. The number of hydrogen-bond donors (Lipinski definition) is 0. The van der Waals surface area contributed by atoms with Gasteiger partial charge in [0.15, 0.2) is 0 Å².